The molecule has 0 bridgehead atoms. The second-order valence-corrected chi connectivity index (χ2v) is 4.36. The van der Waals surface area contributed by atoms with Crippen molar-refractivity contribution in [2.45, 2.75) is 6.92 Å². The number of nitriles is 1. The molecule has 6 heteroatoms. The first kappa shape index (κ1) is 14.0. The van der Waals surface area contributed by atoms with Crippen molar-refractivity contribution >= 4 is 28.8 Å². The topological polar surface area (TPSA) is 84.0 Å². The standard InChI is InChI=1S/C14H13ClN4O/c1-2-20-14-11(17)5-6-13(19-14)18-12-7-9(8-16)3-4-10(12)15/h3-7H,2,17H2,1H3,(H,18,19). The largest absolute Gasteiger partial charge is 0.476 e. The van der Waals surface area contributed by atoms with E-state index in [-0.39, 0.29) is 0 Å². The van der Waals surface area contributed by atoms with Crippen LogP contribution in [0.3, 0.4) is 0 Å². The Labute approximate surface area is 122 Å². The van der Waals surface area contributed by atoms with Crippen LogP contribution in [0.2, 0.25) is 5.02 Å². The van der Waals surface area contributed by atoms with Crippen LogP contribution in [0, 0.1) is 11.3 Å². The molecule has 0 spiro atoms. The molecule has 0 aliphatic carbocycles. The number of benzene rings is 1. The second kappa shape index (κ2) is 6.13. The molecule has 0 aliphatic rings. The molecule has 0 radical (unpaired) electrons. The molecule has 0 unspecified atom stereocenters. The van der Waals surface area contributed by atoms with Gasteiger partial charge in [0.25, 0.3) is 0 Å². The summed E-state index contributed by atoms with van der Waals surface area (Å²) < 4.78 is 5.33. The van der Waals surface area contributed by atoms with Crippen LogP contribution in [-0.2, 0) is 0 Å². The van der Waals surface area contributed by atoms with Crippen LogP contribution in [0.5, 0.6) is 5.88 Å². The maximum atomic E-state index is 8.90. The Morgan fingerprint density at radius 2 is 2.20 bits per heavy atom. The minimum Gasteiger partial charge on any atom is -0.476 e. The Hall–Kier alpha value is -2.45. The molecule has 1 aromatic carbocycles. The monoisotopic (exact) mass is 288 g/mol. The molecule has 20 heavy (non-hydrogen) atoms. The van der Waals surface area contributed by atoms with Gasteiger partial charge in [-0.25, -0.2) is 0 Å². The van der Waals surface area contributed by atoms with Gasteiger partial charge in [0.2, 0.25) is 5.88 Å². The van der Waals surface area contributed by atoms with E-state index in [1.54, 1.807) is 30.3 Å². The lowest BCUT2D eigenvalue weighted by molar-refractivity contribution is 0.329. The Morgan fingerprint density at radius 1 is 1.40 bits per heavy atom. The summed E-state index contributed by atoms with van der Waals surface area (Å²) in [7, 11) is 0. The van der Waals surface area contributed by atoms with Gasteiger partial charge < -0.3 is 15.8 Å². The number of anilines is 3. The van der Waals surface area contributed by atoms with E-state index < -0.39 is 0 Å². The lowest BCUT2D eigenvalue weighted by Gasteiger charge is -2.11. The molecule has 0 saturated heterocycles. The minimum absolute atomic E-state index is 0.366. The first-order chi connectivity index (χ1) is 9.63. The summed E-state index contributed by atoms with van der Waals surface area (Å²) in [5.41, 5.74) is 7.34. The summed E-state index contributed by atoms with van der Waals surface area (Å²) >= 11 is 6.08. The number of rotatable bonds is 4. The fraction of sp³-hybridized carbons (Fsp3) is 0.143. The molecule has 5 nitrogen and oxygen atoms in total. The molecule has 0 saturated carbocycles. The fourth-order valence-corrected chi connectivity index (χ4v) is 1.77. The molecule has 0 fully saturated rings. The lowest BCUT2D eigenvalue weighted by Crippen LogP contribution is -2.02. The molecular weight excluding hydrogens is 276 g/mol. The summed E-state index contributed by atoms with van der Waals surface area (Å²) in [5, 5.41) is 12.4. The summed E-state index contributed by atoms with van der Waals surface area (Å²) in [6.45, 7) is 2.33. The third-order valence-electron chi connectivity index (χ3n) is 2.53. The Kier molecular flexibility index (Phi) is 4.28. The maximum absolute atomic E-state index is 8.90. The molecule has 1 aromatic heterocycles. The molecular formula is C14H13ClN4O. The summed E-state index contributed by atoms with van der Waals surface area (Å²) in [6.07, 6.45) is 0. The van der Waals surface area contributed by atoms with Gasteiger partial charge in [-0.3, -0.25) is 0 Å². The second-order valence-electron chi connectivity index (χ2n) is 3.96. The zero-order valence-corrected chi connectivity index (χ0v) is 11.6. The van der Waals surface area contributed by atoms with E-state index in [1.807, 2.05) is 6.92 Å². The molecule has 0 atom stereocenters. The van der Waals surface area contributed by atoms with E-state index in [2.05, 4.69) is 16.4 Å². The molecule has 0 amide bonds. The minimum atomic E-state index is 0.366. The van der Waals surface area contributed by atoms with Gasteiger partial charge in [-0.05, 0) is 37.3 Å². The van der Waals surface area contributed by atoms with E-state index >= 15 is 0 Å². The van der Waals surface area contributed by atoms with Gasteiger partial charge in [-0.2, -0.15) is 10.2 Å². The van der Waals surface area contributed by atoms with Gasteiger partial charge in [0.1, 0.15) is 5.82 Å². The first-order valence-electron chi connectivity index (χ1n) is 6.00. The van der Waals surface area contributed by atoms with Crippen LogP contribution in [0.15, 0.2) is 30.3 Å². The normalized spacial score (nSPS) is 9.85. The average Bonchev–Trinajstić information content (AvgIpc) is 2.45. The molecule has 0 aliphatic heterocycles. The Balaban J connectivity index is 2.30. The molecule has 2 aromatic rings. The Bertz CT molecular complexity index is 667. The van der Waals surface area contributed by atoms with Crippen molar-refractivity contribution in [2.75, 3.05) is 17.7 Å². The van der Waals surface area contributed by atoms with Gasteiger partial charge in [0.15, 0.2) is 0 Å². The van der Waals surface area contributed by atoms with Crippen molar-refractivity contribution in [3.05, 3.63) is 40.9 Å². The van der Waals surface area contributed by atoms with Gasteiger partial charge in [0.05, 0.1) is 34.6 Å². The van der Waals surface area contributed by atoms with E-state index in [0.29, 0.717) is 40.3 Å². The van der Waals surface area contributed by atoms with Crippen molar-refractivity contribution in [2.24, 2.45) is 0 Å². The highest BCUT2D eigenvalue weighted by Crippen LogP contribution is 2.28. The van der Waals surface area contributed by atoms with Crippen molar-refractivity contribution in [1.29, 1.82) is 5.26 Å². The number of hydrogen-bond donors (Lipinski definition) is 2. The van der Waals surface area contributed by atoms with Crippen LogP contribution < -0.4 is 15.8 Å². The number of hydrogen-bond acceptors (Lipinski definition) is 5. The van der Waals surface area contributed by atoms with Gasteiger partial charge in [-0.15, -0.1) is 0 Å². The number of ether oxygens (including phenoxy) is 1. The van der Waals surface area contributed by atoms with Crippen LogP contribution in [0.25, 0.3) is 0 Å². The van der Waals surface area contributed by atoms with Crippen LogP contribution >= 0.6 is 11.6 Å². The first-order valence-corrected chi connectivity index (χ1v) is 6.38. The maximum Gasteiger partial charge on any atom is 0.239 e. The zero-order valence-electron chi connectivity index (χ0n) is 10.9. The quantitative estimate of drug-likeness (QED) is 0.901. The lowest BCUT2D eigenvalue weighted by atomic mass is 10.2. The van der Waals surface area contributed by atoms with Crippen LogP contribution in [-0.4, -0.2) is 11.6 Å². The highest BCUT2D eigenvalue weighted by Gasteiger charge is 2.07. The molecule has 1 heterocycles. The number of nitrogens with one attached hydrogen (secondary N) is 1. The number of halogens is 1. The fourth-order valence-electron chi connectivity index (χ4n) is 1.60. The van der Waals surface area contributed by atoms with E-state index in [1.165, 1.54) is 0 Å². The number of aromatic nitrogens is 1. The number of nitrogens with two attached hydrogens (primary N) is 1. The van der Waals surface area contributed by atoms with E-state index in [4.69, 9.17) is 27.3 Å². The zero-order chi connectivity index (χ0) is 14.5. The summed E-state index contributed by atoms with van der Waals surface area (Å²) in [4.78, 5) is 4.25. The van der Waals surface area contributed by atoms with Gasteiger partial charge in [0, 0.05) is 0 Å². The number of pyridine rings is 1. The van der Waals surface area contributed by atoms with Crippen molar-refractivity contribution < 1.29 is 4.74 Å². The third kappa shape index (κ3) is 3.11. The van der Waals surface area contributed by atoms with Crippen molar-refractivity contribution in [3.63, 3.8) is 0 Å². The highest BCUT2D eigenvalue weighted by molar-refractivity contribution is 6.33. The smallest absolute Gasteiger partial charge is 0.239 e. The van der Waals surface area contributed by atoms with Crippen molar-refractivity contribution in [1.82, 2.24) is 4.98 Å². The SMILES string of the molecule is CCOc1nc(Nc2cc(C#N)ccc2Cl)ccc1N. The number of nitrogens with zero attached hydrogens (tertiary/aromatic N) is 2. The third-order valence-corrected chi connectivity index (χ3v) is 2.86. The molecule has 2 rings (SSSR count). The van der Waals surface area contributed by atoms with Gasteiger partial charge in [-0.1, -0.05) is 11.6 Å². The number of nitrogen functional groups attached to an aromatic ring is 1. The average molecular weight is 289 g/mol. The van der Waals surface area contributed by atoms with Crippen molar-refractivity contribution in [3.8, 4) is 11.9 Å². The van der Waals surface area contributed by atoms with Gasteiger partial charge >= 0.3 is 0 Å². The summed E-state index contributed by atoms with van der Waals surface area (Å²) in [5.74, 6) is 0.907. The van der Waals surface area contributed by atoms with E-state index in [0.717, 1.165) is 0 Å². The summed E-state index contributed by atoms with van der Waals surface area (Å²) in [6, 6.07) is 10.4. The molecule has 3 N–H and O–H groups in total. The molecule has 102 valence electrons. The predicted octanol–water partition coefficient (Wildman–Crippen LogP) is 3.33. The van der Waals surface area contributed by atoms with Crippen LogP contribution in [0.4, 0.5) is 17.2 Å². The Morgan fingerprint density at radius 3 is 2.90 bits per heavy atom. The van der Waals surface area contributed by atoms with E-state index in [9.17, 15) is 0 Å². The van der Waals surface area contributed by atoms with Crippen LogP contribution in [0.1, 0.15) is 12.5 Å². The predicted molar refractivity (Wildman–Crippen MR) is 79.3 cm³/mol. The highest BCUT2D eigenvalue weighted by atomic mass is 35.5.